The van der Waals surface area contributed by atoms with Crippen LogP contribution in [0.5, 0.6) is 0 Å². The highest BCUT2D eigenvalue weighted by molar-refractivity contribution is 7.80. The first-order chi connectivity index (χ1) is 16.6. The van der Waals surface area contributed by atoms with Gasteiger partial charge in [0.2, 0.25) is 5.91 Å². The number of hydrogen-bond acceptors (Lipinski definition) is 3. The lowest BCUT2D eigenvalue weighted by Crippen LogP contribution is -2.44. The SMILES string of the molecule is O=C1C2CCCN2C(=O)c2ccccc2N1Cc1ccc(NC(=S)NCc2ccccc2)cc1. The number of fused-ring (bicyclic) bond motifs is 2. The molecule has 2 aliphatic rings. The van der Waals surface area contributed by atoms with Crippen LogP contribution in [0.3, 0.4) is 0 Å². The highest BCUT2D eigenvalue weighted by atomic mass is 32.1. The zero-order valence-electron chi connectivity index (χ0n) is 18.7. The number of nitrogens with zero attached hydrogens (tertiary/aromatic N) is 2. The fourth-order valence-electron chi connectivity index (χ4n) is 4.60. The smallest absolute Gasteiger partial charge is 0.256 e. The van der Waals surface area contributed by atoms with Crippen LogP contribution >= 0.6 is 12.2 Å². The third-order valence-corrected chi connectivity index (χ3v) is 6.58. The van der Waals surface area contributed by atoms with Gasteiger partial charge in [-0.2, -0.15) is 0 Å². The topological polar surface area (TPSA) is 64.7 Å². The first-order valence-electron chi connectivity index (χ1n) is 11.5. The van der Waals surface area contributed by atoms with E-state index in [1.54, 1.807) is 9.80 Å². The number of hydrogen-bond donors (Lipinski definition) is 2. The highest BCUT2D eigenvalue weighted by Gasteiger charge is 2.41. The number of para-hydroxylation sites is 1. The van der Waals surface area contributed by atoms with Gasteiger partial charge in [-0.15, -0.1) is 0 Å². The normalized spacial score (nSPS) is 17.1. The molecule has 0 bridgehead atoms. The summed E-state index contributed by atoms with van der Waals surface area (Å²) in [7, 11) is 0. The molecule has 2 amide bonds. The van der Waals surface area contributed by atoms with Crippen LogP contribution in [0.4, 0.5) is 11.4 Å². The number of thiocarbonyl (C=S) groups is 1. The largest absolute Gasteiger partial charge is 0.358 e. The third kappa shape index (κ3) is 4.52. The van der Waals surface area contributed by atoms with Crippen LogP contribution in [0.15, 0.2) is 78.9 Å². The van der Waals surface area contributed by atoms with Gasteiger partial charge in [0.15, 0.2) is 5.11 Å². The number of carbonyl (C=O) groups is 2. The number of benzene rings is 3. The summed E-state index contributed by atoms with van der Waals surface area (Å²) in [6.07, 6.45) is 1.57. The fourth-order valence-corrected chi connectivity index (χ4v) is 4.79. The Hall–Kier alpha value is -3.71. The van der Waals surface area contributed by atoms with E-state index in [0.717, 1.165) is 23.2 Å². The molecule has 2 N–H and O–H groups in total. The Kier molecular flexibility index (Phi) is 6.27. The van der Waals surface area contributed by atoms with Gasteiger partial charge in [0.25, 0.3) is 5.91 Å². The molecular formula is C27H26N4O2S. The van der Waals surface area contributed by atoms with E-state index in [1.807, 2.05) is 78.9 Å². The minimum atomic E-state index is -0.381. The second-order valence-corrected chi connectivity index (χ2v) is 9.00. The summed E-state index contributed by atoms with van der Waals surface area (Å²) < 4.78 is 0. The Morgan fingerprint density at radius 3 is 2.44 bits per heavy atom. The Balaban J connectivity index is 1.28. The van der Waals surface area contributed by atoms with Crippen molar-refractivity contribution in [2.24, 2.45) is 0 Å². The van der Waals surface area contributed by atoms with E-state index in [2.05, 4.69) is 10.6 Å². The first kappa shape index (κ1) is 22.1. The van der Waals surface area contributed by atoms with Gasteiger partial charge >= 0.3 is 0 Å². The average Bonchev–Trinajstić information content (AvgIpc) is 3.34. The van der Waals surface area contributed by atoms with E-state index in [-0.39, 0.29) is 17.9 Å². The van der Waals surface area contributed by atoms with Crippen molar-refractivity contribution in [2.75, 3.05) is 16.8 Å². The van der Waals surface area contributed by atoms with Gasteiger partial charge in [0, 0.05) is 18.8 Å². The summed E-state index contributed by atoms with van der Waals surface area (Å²) in [5.74, 6) is -0.0608. The number of nitrogens with one attached hydrogen (secondary N) is 2. The number of rotatable bonds is 5. The molecule has 3 aromatic carbocycles. The van der Waals surface area contributed by atoms with Crippen LogP contribution in [-0.4, -0.2) is 34.4 Å². The zero-order chi connectivity index (χ0) is 23.5. The van der Waals surface area contributed by atoms with Gasteiger partial charge in [-0.1, -0.05) is 54.6 Å². The Morgan fingerprint density at radius 1 is 0.912 bits per heavy atom. The minimum Gasteiger partial charge on any atom is -0.358 e. The van der Waals surface area contributed by atoms with E-state index in [1.165, 1.54) is 0 Å². The predicted molar refractivity (Wildman–Crippen MR) is 138 cm³/mol. The molecule has 1 saturated heterocycles. The van der Waals surface area contributed by atoms with Gasteiger partial charge < -0.3 is 20.4 Å². The molecule has 172 valence electrons. The van der Waals surface area contributed by atoms with Crippen molar-refractivity contribution >= 4 is 40.5 Å². The van der Waals surface area contributed by atoms with Crippen molar-refractivity contribution in [1.29, 1.82) is 0 Å². The molecule has 0 saturated carbocycles. The molecule has 1 unspecified atom stereocenters. The lowest BCUT2D eigenvalue weighted by Gasteiger charge is -2.26. The molecule has 0 spiro atoms. The van der Waals surface area contributed by atoms with E-state index in [0.29, 0.717) is 42.4 Å². The number of anilines is 2. The number of amides is 2. The Morgan fingerprint density at radius 2 is 1.65 bits per heavy atom. The molecule has 0 aliphatic carbocycles. The third-order valence-electron chi connectivity index (χ3n) is 6.34. The second-order valence-electron chi connectivity index (χ2n) is 8.59. The summed E-state index contributed by atoms with van der Waals surface area (Å²) >= 11 is 5.42. The van der Waals surface area contributed by atoms with Crippen LogP contribution in [-0.2, 0) is 17.9 Å². The van der Waals surface area contributed by atoms with E-state index in [4.69, 9.17) is 12.2 Å². The van der Waals surface area contributed by atoms with Crippen molar-refractivity contribution in [3.8, 4) is 0 Å². The van der Waals surface area contributed by atoms with Crippen LogP contribution in [0.25, 0.3) is 0 Å². The maximum Gasteiger partial charge on any atom is 0.256 e. The van der Waals surface area contributed by atoms with Crippen molar-refractivity contribution in [2.45, 2.75) is 32.0 Å². The molecule has 6 nitrogen and oxygen atoms in total. The lowest BCUT2D eigenvalue weighted by molar-refractivity contribution is -0.122. The standard InChI is InChI=1S/C27H26N4O2S/c32-25-22-9-4-5-10-23(22)31(26(33)24-11-6-16-30(24)25)18-20-12-14-21(15-13-20)29-27(34)28-17-19-7-2-1-3-8-19/h1-5,7-10,12-15,24H,6,11,16-18H2,(H2,28,29,34). The van der Waals surface area contributed by atoms with Crippen LogP contribution in [0, 0.1) is 0 Å². The molecule has 34 heavy (non-hydrogen) atoms. The van der Waals surface area contributed by atoms with Gasteiger partial charge in [-0.25, -0.2) is 0 Å². The summed E-state index contributed by atoms with van der Waals surface area (Å²) in [5.41, 5.74) is 4.28. The monoisotopic (exact) mass is 470 g/mol. The molecule has 2 heterocycles. The van der Waals surface area contributed by atoms with E-state index in [9.17, 15) is 9.59 Å². The highest BCUT2D eigenvalue weighted by Crippen LogP contribution is 2.33. The predicted octanol–water partition coefficient (Wildman–Crippen LogP) is 4.32. The lowest BCUT2D eigenvalue weighted by atomic mass is 10.1. The molecule has 1 atom stereocenters. The molecule has 3 aromatic rings. The molecule has 2 aliphatic heterocycles. The quantitative estimate of drug-likeness (QED) is 0.544. The zero-order valence-corrected chi connectivity index (χ0v) is 19.6. The first-order valence-corrected chi connectivity index (χ1v) is 11.9. The van der Waals surface area contributed by atoms with Crippen molar-refractivity contribution in [3.63, 3.8) is 0 Å². The Bertz CT molecular complexity index is 1210. The average molecular weight is 471 g/mol. The second kappa shape index (κ2) is 9.65. The van der Waals surface area contributed by atoms with Crippen molar-refractivity contribution in [3.05, 3.63) is 95.6 Å². The number of carbonyl (C=O) groups excluding carboxylic acids is 2. The van der Waals surface area contributed by atoms with Crippen LogP contribution in [0.1, 0.15) is 34.3 Å². The van der Waals surface area contributed by atoms with Gasteiger partial charge in [0.05, 0.1) is 17.8 Å². The summed E-state index contributed by atoms with van der Waals surface area (Å²) in [6.45, 7) is 1.69. The Labute approximate surface area is 204 Å². The van der Waals surface area contributed by atoms with Gasteiger partial charge in [-0.05, 0) is 60.5 Å². The summed E-state index contributed by atoms with van der Waals surface area (Å²) in [6, 6.07) is 25.0. The van der Waals surface area contributed by atoms with E-state index < -0.39 is 0 Å². The molecule has 7 heteroatoms. The minimum absolute atomic E-state index is 0.00992. The summed E-state index contributed by atoms with van der Waals surface area (Å²) in [5, 5.41) is 6.96. The fraction of sp³-hybridized carbons (Fsp3) is 0.222. The van der Waals surface area contributed by atoms with Gasteiger partial charge in [0.1, 0.15) is 6.04 Å². The van der Waals surface area contributed by atoms with Crippen LogP contribution < -0.4 is 15.5 Å². The molecule has 1 fully saturated rings. The maximum atomic E-state index is 13.4. The van der Waals surface area contributed by atoms with Crippen LogP contribution in [0.2, 0.25) is 0 Å². The summed E-state index contributed by atoms with van der Waals surface area (Å²) in [4.78, 5) is 30.0. The van der Waals surface area contributed by atoms with Crippen molar-refractivity contribution < 1.29 is 9.59 Å². The molecular weight excluding hydrogens is 444 g/mol. The van der Waals surface area contributed by atoms with Gasteiger partial charge in [-0.3, -0.25) is 9.59 Å². The van der Waals surface area contributed by atoms with Crippen molar-refractivity contribution in [1.82, 2.24) is 10.2 Å². The van der Waals surface area contributed by atoms with E-state index >= 15 is 0 Å². The molecule has 0 aromatic heterocycles. The molecule has 0 radical (unpaired) electrons. The maximum absolute atomic E-state index is 13.4. The molecule has 5 rings (SSSR count).